The quantitative estimate of drug-likeness (QED) is 0.718. The minimum absolute atomic E-state index is 0.572. The summed E-state index contributed by atoms with van der Waals surface area (Å²) in [7, 11) is 0. The summed E-state index contributed by atoms with van der Waals surface area (Å²) in [5, 5.41) is 3.68. The molecular weight excluding hydrogens is 206 g/mol. The molecule has 0 bridgehead atoms. The van der Waals surface area contributed by atoms with Crippen LogP contribution in [0.1, 0.15) is 28.2 Å². The van der Waals surface area contributed by atoms with Crippen molar-refractivity contribution in [1.82, 2.24) is 0 Å². The minimum Gasteiger partial charge on any atom is -0.381 e. The Morgan fingerprint density at radius 2 is 1.94 bits per heavy atom. The van der Waals surface area contributed by atoms with Crippen LogP contribution in [-0.2, 0) is 6.42 Å². The van der Waals surface area contributed by atoms with Crippen molar-refractivity contribution in [2.45, 2.75) is 25.3 Å². The molecule has 1 aliphatic carbocycles. The lowest BCUT2D eigenvalue weighted by molar-refractivity contribution is 0.724. The molecule has 0 saturated carbocycles. The Morgan fingerprint density at radius 3 is 2.88 bits per heavy atom. The summed E-state index contributed by atoms with van der Waals surface area (Å²) in [6, 6.07) is 16.0. The molecule has 84 valence electrons. The summed E-state index contributed by atoms with van der Waals surface area (Å²) in [6.45, 7) is 2.23. The molecule has 17 heavy (non-hydrogen) atoms. The van der Waals surface area contributed by atoms with Crippen molar-refractivity contribution in [1.29, 1.82) is 0 Å². The van der Waals surface area contributed by atoms with Crippen LogP contribution in [0.25, 0.3) is 0 Å². The van der Waals surface area contributed by atoms with Gasteiger partial charge in [0.25, 0.3) is 0 Å². The molecule has 0 fully saturated rings. The maximum Gasteiger partial charge on any atom is 0.0412 e. The number of nitrogens with one attached hydrogen (secondary N) is 1. The van der Waals surface area contributed by atoms with E-state index in [4.69, 9.17) is 0 Å². The fourth-order valence-electron chi connectivity index (χ4n) is 3.51. The Morgan fingerprint density at radius 1 is 1.06 bits per heavy atom. The average Bonchev–Trinajstić information content (AvgIpc) is 2.84. The predicted octanol–water partition coefficient (Wildman–Crippen LogP) is 3.48. The largest absolute Gasteiger partial charge is 0.381 e. The van der Waals surface area contributed by atoms with Gasteiger partial charge in [-0.3, -0.25) is 0 Å². The number of anilines is 1. The van der Waals surface area contributed by atoms with Gasteiger partial charge in [-0.05, 0) is 41.7 Å². The zero-order valence-corrected chi connectivity index (χ0v) is 9.90. The number of fused-ring (bicyclic) bond motifs is 5. The molecule has 2 aromatic carbocycles. The standard InChI is InChI=1S/C16H15N/c1-10-5-4-8-13-15(10)16-12-7-3-2-6-11(12)9-14(16)17-13/h2-8,14,16-17H,9H2,1H3/t14-,16+/m0/s1. The van der Waals surface area contributed by atoms with Crippen molar-refractivity contribution in [2.24, 2.45) is 0 Å². The highest BCUT2D eigenvalue weighted by atomic mass is 15.0. The second-order valence-electron chi connectivity index (χ2n) is 5.17. The highest BCUT2D eigenvalue weighted by Crippen LogP contribution is 2.48. The van der Waals surface area contributed by atoms with Gasteiger partial charge in [0.2, 0.25) is 0 Å². The summed E-state index contributed by atoms with van der Waals surface area (Å²) >= 11 is 0. The summed E-state index contributed by atoms with van der Waals surface area (Å²) < 4.78 is 0. The first-order chi connectivity index (χ1) is 8.34. The highest BCUT2D eigenvalue weighted by Gasteiger charge is 2.39. The number of aryl methyl sites for hydroxylation is 1. The molecule has 2 atom stereocenters. The third kappa shape index (κ3) is 1.14. The van der Waals surface area contributed by atoms with E-state index in [1.165, 1.54) is 27.9 Å². The molecule has 0 amide bonds. The van der Waals surface area contributed by atoms with Crippen molar-refractivity contribution < 1.29 is 0 Å². The molecule has 1 heteroatoms. The van der Waals surface area contributed by atoms with E-state index in [9.17, 15) is 0 Å². The van der Waals surface area contributed by atoms with E-state index in [1.54, 1.807) is 0 Å². The molecule has 0 aromatic heterocycles. The summed E-state index contributed by atoms with van der Waals surface area (Å²) in [5.74, 6) is 0.572. The van der Waals surface area contributed by atoms with Crippen LogP contribution in [0.15, 0.2) is 42.5 Å². The number of hydrogen-bond donors (Lipinski definition) is 1. The first-order valence-corrected chi connectivity index (χ1v) is 6.28. The van der Waals surface area contributed by atoms with E-state index in [0.717, 1.165) is 6.42 Å². The van der Waals surface area contributed by atoms with Crippen LogP contribution >= 0.6 is 0 Å². The topological polar surface area (TPSA) is 12.0 Å². The maximum atomic E-state index is 3.68. The van der Waals surface area contributed by atoms with Gasteiger partial charge < -0.3 is 5.32 Å². The van der Waals surface area contributed by atoms with Gasteiger partial charge >= 0.3 is 0 Å². The minimum atomic E-state index is 0.572. The van der Waals surface area contributed by atoms with Gasteiger partial charge in [0.1, 0.15) is 0 Å². The van der Waals surface area contributed by atoms with Gasteiger partial charge in [-0.15, -0.1) is 0 Å². The Hall–Kier alpha value is -1.76. The third-order valence-corrected chi connectivity index (χ3v) is 4.21. The number of benzene rings is 2. The highest BCUT2D eigenvalue weighted by molar-refractivity contribution is 5.67. The number of rotatable bonds is 0. The molecule has 0 spiro atoms. The Balaban J connectivity index is 1.96. The molecule has 1 aliphatic heterocycles. The van der Waals surface area contributed by atoms with E-state index < -0.39 is 0 Å². The lowest BCUT2D eigenvalue weighted by Crippen LogP contribution is -2.17. The van der Waals surface area contributed by atoms with E-state index in [0.29, 0.717) is 12.0 Å². The maximum absolute atomic E-state index is 3.68. The van der Waals surface area contributed by atoms with E-state index >= 15 is 0 Å². The van der Waals surface area contributed by atoms with Crippen LogP contribution in [0.4, 0.5) is 5.69 Å². The Kier molecular flexibility index (Phi) is 1.71. The molecule has 0 saturated heterocycles. The van der Waals surface area contributed by atoms with Crippen LogP contribution < -0.4 is 5.32 Å². The van der Waals surface area contributed by atoms with Gasteiger partial charge in [-0.1, -0.05) is 36.4 Å². The smallest absolute Gasteiger partial charge is 0.0412 e. The molecule has 0 radical (unpaired) electrons. The van der Waals surface area contributed by atoms with Gasteiger partial charge in [0, 0.05) is 17.6 Å². The van der Waals surface area contributed by atoms with E-state index in [1.807, 2.05) is 0 Å². The molecule has 2 aromatic rings. The average molecular weight is 221 g/mol. The zero-order chi connectivity index (χ0) is 11.4. The lowest BCUT2D eigenvalue weighted by Gasteiger charge is -2.12. The van der Waals surface area contributed by atoms with Crippen molar-refractivity contribution in [3.05, 3.63) is 64.7 Å². The first-order valence-electron chi connectivity index (χ1n) is 6.28. The van der Waals surface area contributed by atoms with Crippen molar-refractivity contribution in [2.75, 3.05) is 5.32 Å². The molecule has 4 rings (SSSR count). The monoisotopic (exact) mass is 221 g/mol. The molecule has 0 unspecified atom stereocenters. The van der Waals surface area contributed by atoms with Crippen molar-refractivity contribution in [3.63, 3.8) is 0 Å². The Labute approximate surface area is 101 Å². The molecule has 1 nitrogen and oxygen atoms in total. The summed E-state index contributed by atoms with van der Waals surface area (Å²) in [4.78, 5) is 0. The van der Waals surface area contributed by atoms with Crippen molar-refractivity contribution >= 4 is 5.69 Å². The van der Waals surface area contributed by atoms with Crippen LogP contribution in [0.5, 0.6) is 0 Å². The normalized spacial score (nSPS) is 23.8. The van der Waals surface area contributed by atoms with Crippen LogP contribution in [0, 0.1) is 6.92 Å². The second kappa shape index (κ2) is 3.13. The molecule has 1 heterocycles. The SMILES string of the molecule is Cc1cccc2c1[C@@H]1c3ccccc3C[C@@H]1N2. The van der Waals surface area contributed by atoms with Gasteiger partial charge in [-0.2, -0.15) is 0 Å². The third-order valence-electron chi connectivity index (χ3n) is 4.21. The van der Waals surface area contributed by atoms with Gasteiger partial charge in [-0.25, -0.2) is 0 Å². The Bertz CT molecular complexity index is 600. The van der Waals surface area contributed by atoms with Crippen LogP contribution in [-0.4, -0.2) is 6.04 Å². The summed E-state index contributed by atoms with van der Waals surface area (Å²) in [6.07, 6.45) is 1.16. The van der Waals surface area contributed by atoms with E-state index in [2.05, 4.69) is 54.7 Å². The number of hydrogen-bond acceptors (Lipinski definition) is 1. The van der Waals surface area contributed by atoms with Gasteiger partial charge in [0.15, 0.2) is 0 Å². The second-order valence-corrected chi connectivity index (χ2v) is 5.17. The fraction of sp³-hybridized carbons (Fsp3) is 0.250. The molecular formula is C16H15N. The predicted molar refractivity (Wildman–Crippen MR) is 70.6 cm³/mol. The van der Waals surface area contributed by atoms with E-state index in [-0.39, 0.29) is 0 Å². The zero-order valence-electron chi connectivity index (χ0n) is 9.90. The van der Waals surface area contributed by atoms with Crippen molar-refractivity contribution in [3.8, 4) is 0 Å². The van der Waals surface area contributed by atoms with Crippen LogP contribution in [0.3, 0.4) is 0 Å². The van der Waals surface area contributed by atoms with Crippen LogP contribution in [0.2, 0.25) is 0 Å². The molecule has 1 N–H and O–H groups in total. The first kappa shape index (κ1) is 9.29. The fourth-order valence-corrected chi connectivity index (χ4v) is 3.51. The lowest BCUT2D eigenvalue weighted by atomic mass is 9.90. The molecule has 2 aliphatic rings. The van der Waals surface area contributed by atoms with Gasteiger partial charge in [0.05, 0.1) is 0 Å². The summed E-state index contributed by atoms with van der Waals surface area (Å²) in [5.41, 5.74) is 7.32.